The summed E-state index contributed by atoms with van der Waals surface area (Å²) < 4.78 is 5.80. The van der Waals surface area contributed by atoms with E-state index in [-0.39, 0.29) is 5.91 Å². The van der Waals surface area contributed by atoms with E-state index in [4.69, 9.17) is 16.3 Å². The number of piperidine rings is 1. The van der Waals surface area contributed by atoms with Gasteiger partial charge in [-0.3, -0.25) is 4.79 Å². The molecule has 1 amide bonds. The molecule has 0 aliphatic carbocycles. The Balaban J connectivity index is 2.03. The molecule has 4 heteroatoms. The second-order valence-corrected chi connectivity index (χ2v) is 5.90. The van der Waals surface area contributed by atoms with Crippen LogP contribution >= 0.6 is 11.6 Å². The van der Waals surface area contributed by atoms with E-state index in [1.54, 1.807) is 0 Å². The number of carbonyl (C=O) groups excluding carboxylic acids is 1. The van der Waals surface area contributed by atoms with Crippen LogP contribution in [0.25, 0.3) is 0 Å². The first-order valence-corrected chi connectivity index (χ1v) is 7.59. The lowest BCUT2D eigenvalue weighted by atomic mass is 10.1. The molecular formula is C16H22ClNO2. The number of rotatable bonds is 3. The van der Waals surface area contributed by atoms with E-state index in [9.17, 15) is 4.79 Å². The maximum absolute atomic E-state index is 12.3. The van der Waals surface area contributed by atoms with Crippen molar-refractivity contribution in [3.05, 3.63) is 28.3 Å². The van der Waals surface area contributed by atoms with Gasteiger partial charge in [0, 0.05) is 18.1 Å². The van der Waals surface area contributed by atoms with E-state index in [0.717, 1.165) is 42.1 Å². The highest BCUT2D eigenvalue weighted by atomic mass is 35.5. The smallest absolute Gasteiger partial charge is 0.263 e. The Kier molecular flexibility index (Phi) is 4.92. The van der Waals surface area contributed by atoms with Gasteiger partial charge in [-0.15, -0.1) is 0 Å². The summed E-state index contributed by atoms with van der Waals surface area (Å²) in [6.45, 7) is 7.41. The number of halogens is 1. The monoisotopic (exact) mass is 295 g/mol. The molecule has 0 bridgehead atoms. The number of nitrogens with zero attached hydrogens (tertiary/aromatic N) is 1. The molecule has 20 heavy (non-hydrogen) atoms. The van der Waals surface area contributed by atoms with Crippen LogP contribution in [0.4, 0.5) is 0 Å². The molecule has 110 valence electrons. The van der Waals surface area contributed by atoms with Gasteiger partial charge in [-0.05, 0) is 63.3 Å². The maximum atomic E-state index is 12.3. The van der Waals surface area contributed by atoms with Crippen molar-refractivity contribution in [3.8, 4) is 5.75 Å². The Morgan fingerprint density at radius 3 is 2.30 bits per heavy atom. The zero-order valence-electron chi connectivity index (χ0n) is 12.4. The summed E-state index contributed by atoms with van der Waals surface area (Å²) in [5.74, 6) is 0.789. The topological polar surface area (TPSA) is 29.5 Å². The number of aryl methyl sites for hydroxylation is 2. The Hall–Kier alpha value is -1.22. The first kappa shape index (κ1) is 15.2. The summed E-state index contributed by atoms with van der Waals surface area (Å²) in [5, 5.41) is 0.757. The van der Waals surface area contributed by atoms with Crippen molar-refractivity contribution in [1.82, 2.24) is 4.90 Å². The molecule has 3 nitrogen and oxygen atoms in total. The van der Waals surface area contributed by atoms with Crippen LogP contribution in [0.5, 0.6) is 5.75 Å². The summed E-state index contributed by atoms with van der Waals surface area (Å²) in [7, 11) is 0. The highest BCUT2D eigenvalue weighted by Crippen LogP contribution is 2.26. The van der Waals surface area contributed by atoms with Gasteiger partial charge in [0.25, 0.3) is 5.91 Å². The summed E-state index contributed by atoms with van der Waals surface area (Å²) in [6, 6.07) is 3.77. The second kappa shape index (κ2) is 6.49. The summed E-state index contributed by atoms with van der Waals surface area (Å²) >= 11 is 6.14. The van der Waals surface area contributed by atoms with E-state index in [2.05, 4.69) is 0 Å². The van der Waals surface area contributed by atoms with Gasteiger partial charge >= 0.3 is 0 Å². The van der Waals surface area contributed by atoms with Gasteiger partial charge < -0.3 is 9.64 Å². The molecule has 0 unspecified atom stereocenters. The SMILES string of the molecule is Cc1cc(O[C@@H](C)C(=O)N2CCCCC2)cc(C)c1Cl. The number of carbonyl (C=O) groups is 1. The fourth-order valence-corrected chi connectivity index (χ4v) is 2.71. The molecule has 0 N–H and O–H groups in total. The lowest BCUT2D eigenvalue weighted by Crippen LogP contribution is -2.43. The van der Waals surface area contributed by atoms with Crippen LogP contribution in [0.1, 0.15) is 37.3 Å². The van der Waals surface area contributed by atoms with E-state index < -0.39 is 6.10 Å². The maximum Gasteiger partial charge on any atom is 0.263 e. The van der Waals surface area contributed by atoms with Crippen molar-refractivity contribution in [2.24, 2.45) is 0 Å². The van der Waals surface area contributed by atoms with Crippen molar-refractivity contribution < 1.29 is 9.53 Å². The van der Waals surface area contributed by atoms with Crippen molar-refractivity contribution in [2.45, 2.75) is 46.1 Å². The third kappa shape index (κ3) is 3.45. The van der Waals surface area contributed by atoms with E-state index in [1.165, 1.54) is 6.42 Å². The third-order valence-electron chi connectivity index (χ3n) is 3.74. The van der Waals surface area contributed by atoms with Crippen molar-refractivity contribution >= 4 is 17.5 Å². The van der Waals surface area contributed by atoms with Gasteiger partial charge in [-0.25, -0.2) is 0 Å². The van der Waals surface area contributed by atoms with Gasteiger partial charge in [-0.1, -0.05) is 11.6 Å². The van der Waals surface area contributed by atoms with Gasteiger partial charge in [0.15, 0.2) is 6.10 Å². The minimum Gasteiger partial charge on any atom is -0.481 e. The number of likely N-dealkylation sites (tertiary alicyclic amines) is 1. The molecular weight excluding hydrogens is 274 g/mol. The Morgan fingerprint density at radius 1 is 1.20 bits per heavy atom. The normalized spacial score (nSPS) is 16.9. The van der Waals surface area contributed by atoms with Crippen LogP contribution in [0.2, 0.25) is 5.02 Å². The van der Waals surface area contributed by atoms with Crippen LogP contribution in [0.3, 0.4) is 0 Å². The quantitative estimate of drug-likeness (QED) is 0.850. The lowest BCUT2D eigenvalue weighted by molar-refractivity contribution is -0.138. The van der Waals surface area contributed by atoms with Gasteiger partial charge in [0.2, 0.25) is 0 Å². The number of ether oxygens (including phenoxy) is 1. The van der Waals surface area contributed by atoms with Gasteiger partial charge in [0.1, 0.15) is 5.75 Å². The number of hydrogen-bond acceptors (Lipinski definition) is 2. The third-order valence-corrected chi connectivity index (χ3v) is 4.33. The number of amides is 1. The highest BCUT2D eigenvalue weighted by molar-refractivity contribution is 6.32. The van der Waals surface area contributed by atoms with Crippen molar-refractivity contribution in [1.29, 1.82) is 0 Å². The van der Waals surface area contributed by atoms with Crippen molar-refractivity contribution in [2.75, 3.05) is 13.1 Å². The van der Waals surface area contributed by atoms with Crippen LogP contribution in [0, 0.1) is 13.8 Å². The molecule has 1 aliphatic heterocycles. The fraction of sp³-hybridized carbons (Fsp3) is 0.562. The average Bonchev–Trinajstić information content (AvgIpc) is 2.44. The number of hydrogen-bond donors (Lipinski definition) is 0. The molecule has 1 aromatic rings. The first-order chi connectivity index (χ1) is 9.49. The zero-order valence-corrected chi connectivity index (χ0v) is 13.2. The van der Waals surface area contributed by atoms with Gasteiger partial charge in [-0.2, -0.15) is 0 Å². The van der Waals surface area contributed by atoms with E-state index >= 15 is 0 Å². The molecule has 1 saturated heterocycles. The Bertz CT molecular complexity index is 472. The second-order valence-electron chi connectivity index (χ2n) is 5.52. The zero-order chi connectivity index (χ0) is 14.7. The largest absolute Gasteiger partial charge is 0.481 e. The molecule has 2 rings (SSSR count). The highest BCUT2D eigenvalue weighted by Gasteiger charge is 2.23. The summed E-state index contributed by atoms with van der Waals surface area (Å²) in [5.41, 5.74) is 1.94. The molecule has 1 atom stereocenters. The molecule has 0 saturated carbocycles. The standard InChI is InChI=1S/C16H22ClNO2/c1-11-9-14(10-12(2)15(11)17)20-13(3)16(19)18-7-5-4-6-8-18/h9-10,13H,4-8H2,1-3H3/t13-/m0/s1. The Morgan fingerprint density at radius 2 is 1.75 bits per heavy atom. The van der Waals surface area contributed by atoms with Crippen LogP contribution < -0.4 is 4.74 Å². The fourth-order valence-electron chi connectivity index (χ4n) is 2.60. The molecule has 0 spiro atoms. The minimum absolute atomic E-state index is 0.0787. The molecule has 1 fully saturated rings. The van der Waals surface area contributed by atoms with Crippen molar-refractivity contribution in [3.63, 3.8) is 0 Å². The van der Waals surface area contributed by atoms with Crippen LogP contribution in [0.15, 0.2) is 12.1 Å². The minimum atomic E-state index is -0.451. The van der Waals surface area contributed by atoms with E-state index in [1.807, 2.05) is 37.8 Å². The molecule has 1 heterocycles. The molecule has 1 aromatic carbocycles. The number of benzene rings is 1. The Labute approximate surface area is 125 Å². The predicted molar refractivity (Wildman–Crippen MR) is 81.4 cm³/mol. The molecule has 0 radical (unpaired) electrons. The van der Waals surface area contributed by atoms with Crippen LogP contribution in [-0.4, -0.2) is 30.0 Å². The van der Waals surface area contributed by atoms with E-state index in [0.29, 0.717) is 5.75 Å². The summed E-state index contributed by atoms with van der Waals surface area (Å²) in [6.07, 6.45) is 2.96. The lowest BCUT2D eigenvalue weighted by Gasteiger charge is -2.29. The predicted octanol–water partition coefficient (Wildman–Crippen LogP) is 3.74. The summed E-state index contributed by atoms with van der Waals surface area (Å²) in [4.78, 5) is 14.2. The molecule has 0 aromatic heterocycles. The molecule has 1 aliphatic rings. The average molecular weight is 296 g/mol. The van der Waals surface area contributed by atoms with Gasteiger partial charge in [0.05, 0.1) is 0 Å². The van der Waals surface area contributed by atoms with Crippen LogP contribution in [-0.2, 0) is 4.79 Å². The first-order valence-electron chi connectivity index (χ1n) is 7.21.